The molecule has 22 nitrogen and oxygen atoms in total. The molecule has 2 aliphatic rings. The number of nitrogens with one attached hydrogen (secondary N) is 2. The van der Waals surface area contributed by atoms with Crippen LogP contribution in [0.15, 0.2) is 137 Å². The van der Waals surface area contributed by atoms with E-state index in [1.807, 2.05) is 67.6 Å². The summed E-state index contributed by atoms with van der Waals surface area (Å²) in [5, 5.41) is 14.3. The van der Waals surface area contributed by atoms with Crippen LogP contribution in [0.1, 0.15) is 64.0 Å². The number of fused-ring (bicyclic) bond motifs is 2. The molecule has 0 bridgehead atoms. The average Bonchev–Trinajstić information content (AvgIpc) is 4.37. The first kappa shape index (κ1) is 57.4. The highest BCUT2D eigenvalue weighted by Crippen LogP contribution is 2.57. The standard InChI is InChI=1S/C57H58FN10O12PS/c1-7-41-47(74-6)48(49(77-41)50-44-40(30-82-50)54(70)66-56(64-44)63-32-67(2)3)80-81(71,75-28-14-27-59)76-29-42-46(43(58)55(78-42)68-33-62-45-51(60-31-61-52(45)68)65-53(69)34-15-10-8-11-16-34)79-57(35-17-12-9-13-18-35,36-19-23-38(72-4)24-20-36)37-21-25-39(73-5)26-22-37/h8-13,15-26,30-33,41-43,46-49,55H,7,14,28-29H2,1-6H3,(H,64,66,70)(H,60,61,65,69)/b63-32+/t41-,42-,43-,46-,47-,48-,49-,55-,81?/m1/s1. The van der Waals surface area contributed by atoms with E-state index < -0.39 is 87.1 Å². The van der Waals surface area contributed by atoms with Crippen molar-refractivity contribution in [1.29, 1.82) is 5.26 Å². The Bertz CT molecular complexity index is 3630. The molecule has 4 aromatic heterocycles. The number of amides is 1. The zero-order chi connectivity index (χ0) is 57.5. The summed E-state index contributed by atoms with van der Waals surface area (Å²) in [5.74, 6) is 0.717. The van der Waals surface area contributed by atoms with Crippen LogP contribution in [0.3, 0.4) is 0 Å². The molecule has 4 aromatic carbocycles. The highest BCUT2D eigenvalue weighted by Gasteiger charge is 2.55. The summed E-state index contributed by atoms with van der Waals surface area (Å²) in [4.78, 5) is 53.9. The summed E-state index contributed by atoms with van der Waals surface area (Å²) in [6, 6.07) is 34.0. The van der Waals surface area contributed by atoms with Gasteiger partial charge in [-0.3, -0.25) is 32.7 Å². The van der Waals surface area contributed by atoms with Crippen molar-refractivity contribution in [2.24, 2.45) is 4.99 Å². The fourth-order valence-corrected chi connectivity index (χ4v) is 12.4. The van der Waals surface area contributed by atoms with Crippen LogP contribution in [0, 0.1) is 11.3 Å². The number of carbonyl (C=O) groups excluding carboxylic acids is 1. The molecule has 426 valence electrons. The Morgan fingerprint density at radius 1 is 0.890 bits per heavy atom. The number of methoxy groups -OCH3 is 3. The highest BCUT2D eigenvalue weighted by molar-refractivity contribution is 7.48. The maximum atomic E-state index is 18.5. The Labute approximate surface area is 474 Å². The number of thiophene rings is 1. The molecule has 2 fully saturated rings. The summed E-state index contributed by atoms with van der Waals surface area (Å²) < 4.78 is 92.3. The van der Waals surface area contributed by atoms with Gasteiger partial charge in [0.1, 0.15) is 53.9 Å². The van der Waals surface area contributed by atoms with Crippen molar-refractivity contribution < 1.29 is 55.7 Å². The van der Waals surface area contributed by atoms with Crippen LogP contribution < -0.4 is 20.3 Å². The lowest BCUT2D eigenvalue weighted by molar-refractivity contribution is -0.106. The first-order valence-electron chi connectivity index (χ1n) is 26.0. The van der Waals surface area contributed by atoms with Gasteiger partial charge in [0.25, 0.3) is 11.5 Å². The molecular weight excluding hydrogens is 1100 g/mol. The first-order valence-corrected chi connectivity index (χ1v) is 28.4. The van der Waals surface area contributed by atoms with E-state index in [1.54, 1.807) is 93.2 Å². The van der Waals surface area contributed by atoms with Crippen LogP contribution in [-0.2, 0) is 42.7 Å². The van der Waals surface area contributed by atoms with Crippen molar-refractivity contribution in [3.63, 3.8) is 0 Å². The normalized spacial score (nSPS) is 21.6. The van der Waals surface area contributed by atoms with Crippen LogP contribution in [0.5, 0.6) is 11.5 Å². The monoisotopic (exact) mass is 1160 g/mol. The third-order valence-electron chi connectivity index (χ3n) is 13.9. The zero-order valence-electron chi connectivity index (χ0n) is 45.4. The molecule has 2 saturated heterocycles. The number of rotatable bonds is 23. The number of carbonyl (C=O) groups is 1. The molecule has 2 N–H and O–H groups in total. The third-order valence-corrected chi connectivity index (χ3v) is 16.4. The summed E-state index contributed by atoms with van der Waals surface area (Å²) >= 11 is 1.17. The fourth-order valence-electron chi connectivity index (χ4n) is 9.99. The van der Waals surface area contributed by atoms with Gasteiger partial charge < -0.3 is 38.6 Å². The largest absolute Gasteiger partial charge is 0.497 e. The molecule has 2 aliphatic heterocycles. The number of aliphatic imine (C=N–C) groups is 1. The maximum Gasteiger partial charge on any atom is 0.475 e. The van der Waals surface area contributed by atoms with Gasteiger partial charge in [-0.1, -0.05) is 79.7 Å². The number of phosphoric ester groups is 1. The number of ether oxygens (including phenoxy) is 6. The van der Waals surface area contributed by atoms with Crippen LogP contribution in [0.4, 0.5) is 16.2 Å². The Morgan fingerprint density at radius 2 is 1.56 bits per heavy atom. The van der Waals surface area contributed by atoms with E-state index in [0.717, 1.165) is 0 Å². The van der Waals surface area contributed by atoms with E-state index in [4.69, 9.17) is 42.0 Å². The van der Waals surface area contributed by atoms with Crippen molar-refractivity contribution in [3.05, 3.63) is 165 Å². The SMILES string of the molecule is CC[C@H]1O[C@@H](c2scc3c(=O)[nH]c(/N=C/N(C)C)nc23)[C@H](OP(=O)(OCCC#N)OC[C@H]2O[C@@H](n3cnc4c(NC(=O)c5ccccc5)ncnc43)[C@H](F)[C@@H]2OC(c2ccccc2)(c2ccc(OC)cc2)c2ccc(OC)cc2)[C@@H]1OC. The Balaban J connectivity index is 1.07. The summed E-state index contributed by atoms with van der Waals surface area (Å²) in [5.41, 5.74) is 0.485. The van der Waals surface area contributed by atoms with E-state index in [9.17, 15) is 14.9 Å². The molecule has 6 heterocycles. The number of hydrogen-bond donors (Lipinski definition) is 2. The predicted molar refractivity (Wildman–Crippen MR) is 301 cm³/mol. The van der Waals surface area contributed by atoms with E-state index in [2.05, 4.69) is 35.2 Å². The summed E-state index contributed by atoms with van der Waals surface area (Å²) in [6.07, 6.45) is -6.36. The molecule has 0 radical (unpaired) electrons. The Hall–Kier alpha value is -7.82. The zero-order valence-corrected chi connectivity index (χ0v) is 47.1. The second-order valence-corrected chi connectivity index (χ2v) is 21.7. The molecule has 0 saturated carbocycles. The molecule has 9 atom stereocenters. The third kappa shape index (κ3) is 11.6. The van der Waals surface area contributed by atoms with Crippen LogP contribution in [0.25, 0.3) is 22.1 Å². The summed E-state index contributed by atoms with van der Waals surface area (Å²) in [7, 11) is 3.16. The predicted octanol–water partition coefficient (Wildman–Crippen LogP) is 9.23. The number of hydrogen-bond acceptors (Lipinski definition) is 19. The summed E-state index contributed by atoms with van der Waals surface area (Å²) in [6.45, 7) is 0.758. The number of imidazole rings is 1. The fraction of sp³-hybridized carbons (Fsp3) is 0.333. The second-order valence-electron chi connectivity index (χ2n) is 19.2. The van der Waals surface area contributed by atoms with Gasteiger partial charge in [0.15, 0.2) is 29.4 Å². The molecule has 82 heavy (non-hydrogen) atoms. The van der Waals surface area contributed by atoms with Gasteiger partial charge in [-0.25, -0.2) is 33.9 Å². The van der Waals surface area contributed by atoms with Crippen molar-refractivity contribution in [3.8, 4) is 17.6 Å². The molecule has 0 spiro atoms. The van der Waals surface area contributed by atoms with E-state index in [-0.39, 0.29) is 40.3 Å². The number of anilines is 1. The minimum atomic E-state index is -4.92. The van der Waals surface area contributed by atoms with Gasteiger partial charge in [0, 0.05) is 32.1 Å². The van der Waals surface area contributed by atoms with E-state index in [0.29, 0.717) is 45.1 Å². The molecule has 1 unspecified atom stereocenters. The van der Waals surface area contributed by atoms with Crippen molar-refractivity contribution >= 4 is 65.2 Å². The smallest absolute Gasteiger partial charge is 0.475 e. The molecule has 8 aromatic rings. The van der Waals surface area contributed by atoms with Crippen molar-refractivity contribution in [2.75, 3.05) is 54.0 Å². The number of aromatic amines is 1. The Morgan fingerprint density at radius 3 is 2.20 bits per heavy atom. The lowest BCUT2D eigenvalue weighted by Gasteiger charge is -2.39. The molecule has 10 rings (SSSR count). The number of phosphoric acid groups is 1. The van der Waals surface area contributed by atoms with Crippen molar-refractivity contribution in [1.82, 2.24) is 34.4 Å². The van der Waals surface area contributed by atoms with Crippen LogP contribution >= 0.6 is 19.2 Å². The van der Waals surface area contributed by atoms with Gasteiger partial charge in [0.05, 0.1) is 74.5 Å². The van der Waals surface area contributed by atoms with Crippen molar-refractivity contribution in [2.45, 2.75) is 74.4 Å². The quantitative estimate of drug-likeness (QED) is 0.0199. The topological polar surface area (TPSA) is 258 Å². The molecule has 0 aliphatic carbocycles. The minimum absolute atomic E-state index is 0.0324. The number of aromatic nitrogens is 6. The molecule has 25 heteroatoms. The number of halogens is 1. The van der Waals surface area contributed by atoms with Gasteiger partial charge >= 0.3 is 7.82 Å². The lowest BCUT2D eigenvalue weighted by Crippen LogP contribution is -2.44. The van der Waals surface area contributed by atoms with E-state index in [1.165, 1.54) is 42.0 Å². The number of benzene rings is 4. The maximum absolute atomic E-state index is 18.5. The lowest BCUT2D eigenvalue weighted by atomic mass is 9.79. The average molecular weight is 1160 g/mol. The van der Waals surface area contributed by atoms with E-state index >= 15 is 8.96 Å². The first-order chi connectivity index (χ1) is 39.8. The van der Waals surface area contributed by atoms with Gasteiger partial charge in [-0.2, -0.15) is 5.26 Å². The second kappa shape index (κ2) is 25.1. The number of alkyl halides is 1. The van der Waals surface area contributed by atoms with Gasteiger partial charge in [-0.05, 0) is 59.5 Å². The highest BCUT2D eigenvalue weighted by atomic mass is 32.1. The number of H-pyrrole nitrogens is 1. The van der Waals surface area contributed by atoms with Crippen LogP contribution in [0.2, 0.25) is 0 Å². The Kier molecular flexibility index (Phi) is 17.6. The molecule has 1 amide bonds. The number of nitriles is 1. The number of nitrogens with zero attached hydrogens (tertiary/aromatic N) is 8. The molecular formula is C57H58FN10O12PS. The minimum Gasteiger partial charge on any atom is -0.497 e. The van der Waals surface area contributed by atoms with Gasteiger partial charge in [0.2, 0.25) is 5.95 Å². The van der Waals surface area contributed by atoms with Crippen LogP contribution in [-0.4, -0.2) is 132 Å². The van der Waals surface area contributed by atoms with Gasteiger partial charge in [-0.15, -0.1) is 11.3 Å².